The molecule has 2 fully saturated rings. The van der Waals surface area contributed by atoms with E-state index in [1.54, 1.807) is 0 Å². The Kier molecular flexibility index (Phi) is 27.1. The van der Waals surface area contributed by atoms with E-state index in [0.29, 0.717) is 18.3 Å². The van der Waals surface area contributed by atoms with E-state index in [9.17, 15) is 4.79 Å². The van der Waals surface area contributed by atoms with Crippen LogP contribution in [0.5, 0.6) is 5.75 Å². The quantitative estimate of drug-likeness (QED) is 0.0317. The van der Waals surface area contributed by atoms with Crippen molar-refractivity contribution in [3.05, 3.63) is 150 Å². The molecule has 2 aliphatic rings. The number of carbonyl (C=O) groups excluding carboxylic acids is 1. The van der Waals surface area contributed by atoms with Crippen molar-refractivity contribution >= 4 is 5.97 Å². The normalized spacial score (nSPS) is 17.2. The fraction of sp³-hybridized carbons (Fsp3) is 0.542. The summed E-state index contributed by atoms with van der Waals surface area (Å²) in [5.41, 5.74) is 11.2. The lowest BCUT2D eigenvalue weighted by Gasteiger charge is -2.28. The topological polar surface area (TPSA) is 87.1 Å². The van der Waals surface area contributed by atoms with Gasteiger partial charge in [0.15, 0.2) is 5.82 Å². The van der Waals surface area contributed by atoms with Gasteiger partial charge in [-0.15, -0.1) is 0 Å². The molecule has 0 atom stereocenters. The molecule has 7 nitrogen and oxygen atoms in total. The van der Waals surface area contributed by atoms with E-state index in [4.69, 9.17) is 19.4 Å². The molecule has 79 heavy (non-hydrogen) atoms. The third-order valence-corrected chi connectivity index (χ3v) is 16.9. The largest absolute Gasteiger partial charge is 0.494 e. The van der Waals surface area contributed by atoms with Crippen LogP contribution in [-0.4, -0.2) is 38.6 Å². The molecule has 4 aromatic carbocycles. The van der Waals surface area contributed by atoms with Crippen LogP contribution in [0.15, 0.2) is 122 Å². The second-order valence-electron chi connectivity index (χ2n) is 23.3. The predicted octanol–water partition coefficient (Wildman–Crippen LogP) is 20.1. The van der Waals surface area contributed by atoms with Gasteiger partial charge < -0.3 is 9.47 Å². The van der Waals surface area contributed by atoms with Crippen LogP contribution >= 0.6 is 0 Å². The lowest BCUT2D eigenvalue weighted by molar-refractivity contribution is -0.150. The summed E-state index contributed by atoms with van der Waals surface area (Å²) in [5, 5.41) is 0. The van der Waals surface area contributed by atoms with Crippen LogP contribution in [0.4, 0.5) is 0 Å². The van der Waals surface area contributed by atoms with Gasteiger partial charge in [-0.3, -0.25) is 4.79 Å². The molecule has 0 aliphatic heterocycles. The molecule has 0 N–H and O–H groups in total. The van der Waals surface area contributed by atoms with E-state index >= 15 is 0 Å². The number of aryl methyl sites for hydroxylation is 3. The van der Waals surface area contributed by atoms with Gasteiger partial charge in [0.25, 0.3) is 0 Å². The number of carbonyl (C=O) groups is 1. The molecular weight excluding hydrogens is 969 g/mol. The average Bonchev–Trinajstić information content (AvgIpc) is 3.50. The molecule has 2 saturated carbocycles. The Morgan fingerprint density at radius 1 is 0.456 bits per heavy atom. The molecule has 0 amide bonds. The molecule has 0 bridgehead atoms. The van der Waals surface area contributed by atoms with E-state index in [1.165, 1.54) is 160 Å². The Bertz CT molecular complexity index is 2540. The van der Waals surface area contributed by atoms with Gasteiger partial charge in [-0.25, -0.2) is 19.9 Å². The van der Waals surface area contributed by atoms with Crippen LogP contribution in [0.25, 0.3) is 33.6 Å². The number of rotatable bonds is 31. The summed E-state index contributed by atoms with van der Waals surface area (Å²) in [7, 11) is 0. The first kappa shape index (κ1) is 60.9. The molecule has 8 rings (SSSR count). The Morgan fingerprint density at radius 2 is 0.911 bits per heavy atom. The van der Waals surface area contributed by atoms with Gasteiger partial charge in [0, 0.05) is 43.2 Å². The first-order chi connectivity index (χ1) is 38.9. The number of benzene rings is 4. The molecule has 2 heterocycles. The van der Waals surface area contributed by atoms with Gasteiger partial charge in [0.1, 0.15) is 17.7 Å². The summed E-state index contributed by atoms with van der Waals surface area (Å²) in [6.45, 7) is 9.67. The zero-order valence-electron chi connectivity index (χ0n) is 49.3. The lowest BCUT2D eigenvalue weighted by atomic mass is 9.77. The summed E-state index contributed by atoms with van der Waals surface area (Å²) in [5.74, 6) is 4.78. The summed E-state index contributed by atoms with van der Waals surface area (Å²) >= 11 is 0. The molecule has 0 saturated heterocycles. The van der Waals surface area contributed by atoms with Gasteiger partial charge in [0.2, 0.25) is 0 Å². The molecule has 6 aromatic rings. The second-order valence-corrected chi connectivity index (χ2v) is 23.3. The number of aromatic nitrogens is 4. The van der Waals surface area contributed by atoms with Gasteiger partial charge in [-0.2, -0.15) is 0 Å². The molecule has 2 aliphatic carbocycles. The molecule has 424 valence electrons. The monoisotopic (exact) mass is 1070 g/mol. The van der Waals surface area contributed by atoms with Gasteiger partial charge in [-0.1, -0.05) is 208 Å². The Balaban J connectivity index is 0.000000234. The number of unbranched alkanes of at least 4 members (excludes halogenated alkanes) is 14. The zero-order valence-corrected chi connectivity index (χ0v) is 49.3. The molecule has 0 spiro atoms. The van der Waals surface area contributed by atoms with Crippen LogP contribution in [-0.2, 0) is 22.4 Å². The minimum absolute atomic E-state index is 0.0222. The van der Waals surface area contributed by atoms with E-state index in [0.717, 1.165) is 106 Å². The SMILES string of the molecule is CCCCCCCC(=O)OC1CCC(c2cnc(-c3ccc(-c4ccc(C)cc4)cc3)nc2)CC1.CCCCCCCCC1CCC(c2cnc(CCCCc3ccc(-c4ccc(OCCCCCCC)cc4)cc3)nc2)CC1. The van der Waals surface area contributed by atoms with Crippen molar-refractivity contribution in [1.29, 1.82) is 0 Å². The average molecular weight is 1070 g/mol. The highest BCUT2D eigenvalue weighted by Crippen LogP contribution is 2.38. The predicted molar refractivity (Wildman–Crippen MR) is 330 cm³/mol. The van der Waals surface area contributed by atoms with Crippen molar-refractivity contribution in [2.45, 2.75) is 238 Å². The number of nitrogens with zero attached hydrogens (tertiary/aromatic N) is 4. The van der Waals surface area contributed by atoms with Gasteiger partial charge in [0.05, 0.1) is 6.61 Å². The van der Waals surface area contributed by atoms with Crippen molar-refractivity contribution in [3.63, 3.8) is 0 Å². The summed E-state index contributed by atoms with van der Waals surface area (Å²) in [6.07, 6.45) is 44.6. The standard InChI is InChI=1S/C41H60N2O.C31H38N2O2/c1-3-5-7-9-10-12-16-34-21-25-38(26-22-34)39-32-42-41(43-33-39)18-14-13-17-35-19-23-36(24-20-35)37-27-29-40(30-28-37)44-31-15-11-8-6-4-2;1-3-4-5-6-7-8-30(34)35-29-19-17-26(18-20-29)28-21-32-31(33-22-28)27-15-13-25(14-16-27)24-11-9-23(2)10-12-24/h19-20,23-24,27-30,32-34,38H,3-18,21-22,25-26,31H2,1-2H3;9-16,21-22,26,29H,3-8,17-20H2,1-2H3. The van der Waals surface area contributed by atoms with Crippen molar-refractivity contribution < 1.29 is 14.3 Å². The Hall–Kier alpha value is -5.69. The highest BCUT2D eigenvalue weighted by molar-refractivity contribution is 5.70. The van der Waals surface area contributed by atoms with Gasteiger partial charge >= 0.3 is 5.97 Å². The molecule has 2 aromatic heterocycles. The van der Waals surface area contributed by atoms with E-state index in [-0.39, 0.29) is 12.1 Å². The highest BCUT2D eigenvalue weighted by Gasteiger charge is 2.26. The second kappa shape index (κ2) is 35.1. The highest BCUT2D eigenvalue weighted by atomic mass is 16.5. The molecule has 7 heteroatoms. The fourth-order valence-electron chi connectivity index (χ4n) is 11.7. The summed E-state index contributed by atoms with van der Waals surface area (Å²) in [6, 6.07) is 34.6. The molecule has 0 radical (unpaired) electrons. The van der Waals surface area contributed by atoms with E-state index in [2.05, 4.69) is 147 Å². The van der Waals surface area contributed by atoms with Crippen molar-refractivity contribution in [2.75, 3.05) is 6.61 Å². The maximum atomic E-state index is 12.1. The molecule has 0 unspecified atom stereocenters. The van der Waals surface area contributed by atoms with Crippen LogP contribution in [0.1, 0.15) is 240 Å². The fourth-order valence-corrected chi connectivity index (χ4v) is 11.7. The first-order valence-electron chi connectivity index (χ1n) is 31.7. The Morgan fingerprint density at radius 3 is 1.49 bits per heavy atom. The van der Waals surface area contributed by atoms with E-state index < -0.39 is 0 Å². The molecular formula is C72H98N4O3. The number of ether oxygens (including phenoxy) is 2. The number of hydrogen-bond acceptors (Lipinski definition) is 7. The zero-order chi connectivity index (χ0) is 55.1. The van der Waals surface area contributed by atoms with Crippen LogP contribution < -0.4 is 4.74 Å². The van der Waals surface area contributed by atoms with Crippen LogP contribution in [0.2, 0.25) is 0 Å². The van der Waals surface area contributed by atoms with E-state index in [1.807, 2.05) is 12.4 Å². The minimum atomic E-state index is -0.0222. The summed E-state index contributed by atoms with van der Waals surface area (Å²) < 4.78 is 11.7. The van der Waals surface area contributed by atoms with Crippen LogP contribution in [0, 0.1) is 12.8 Å². The Labute approximate surface area is 478 Å². The summed E-state index contributed by atoms with van der Waals surface area (Å²) in [4.78, 5) is 31.0. The maximum Gasteiger partial charge on any atom is 0.306 e. The van der Waals surface area contributed by atoms with Crippen molar-refractivity contribution in [2.24, 2.45) is 5.92 Å². The number of esters is 1. The first-order valence-corrected chi connectivity index (χ1v) is 31.7. The third-order valence-electron chi connectivity index (χ3n) is 16.9. The number of hydrogen-bond donors (Lipinski definition) is 0. The minimum Gasteiger partial charge on any atom is -0.494 e. The van der Waals surface area contributed by atoms with Crippen molar-refractivity contribution in [3.8, 4) is 39.4 Å². The maximum absolute atomic E-state index is 12.1. The lowest BCUT2D eigenvalue weighted by Crippen LogP contribution is -2.24. The van der Waals surface area contributed by atoms with Crippen molar-refractivity contribution in [1.82, 2.24) is 19.9 Å². The van der Waals surface area contributed by atoms with Crippen LogP contribution in [0.3, 0.4) is 0 Å². The third kappa shape index (κ3) is 21.7. The van der Waals surface area contributed by atoms with Gasteiger partial charge in [-0.05, 0) is 159 Å². The smallest absolute Gasteiger partial charge is 0.306 e.